The van der Waals surface area contributed by atoms with E-state index in [2.05, 4.69) is 510 Å². The van der Waals surface area contributed by atoms with Gasteiger partial charge in [0.15, 0.2) is 0 Å². The molecule has 0 radical (unpaired) electrons. The monoisotopic (exact) mass is 1710 g/mol. The summed E-state index contributed by atoms with van der Waals surface area (Å²) < 4.78 is 6.42. The van der Waals surface area contributed by atoms with E-state index in [1.165, 1.54) is 230 Å². The topological polar surface area (TPSA) is 13.1 Å². The number of benzene rings is 26. The minimum absolute atomic E-state index is 0.919. The van der Waals surface area contributed by atoms with Crippen LogP contribution in [0.25, 0.3) is 263 Å². The van der Waals surface area contributed by atoms with Gasteiger partial charge in [-0.1, -0.05) is 491 Å². The van der Waals surface area contributed by atoms with Crippen molar-refractivity contribution < 1.29 is 4.42 Å². The molecular formula is C134H86O. The molecule has 628 valence electrons. The number of hydrogen-bond donors (Lipinski definition) is 0. The maximum Gasteiger partial charge on any atom is 0.143 e. The van der Waals surface area contributed by atoms with E-state index in [9.17, 15) is 0 Å². The second kappa shape index (κ2) is 34.0. The van der Waals surface area contributed by atoms with Gasteiger partial charge in [-0.25, -0.2) is 0 Å². The second-order valence-corrected chi connectivity index (χ2v) is 35.3. The summed E-state index contributed by atoms with van der Waals surface area (Å²) in [4.78, 5) is 0. The summed E-state index contributed by atoms with van der Waals surface area (Å²) in [7, 11) is 0. The van der Waals surface area contributed by atoms with E-state index in [0.717, 1.165) is 33.1 Å². The van der Waals surface area contributed by atoms with Crippen molar-refractivity contribution in [3.63, 3.8) is 0 Å². The lowest BCUT2D eigenvalue weighted by atomic mass is 9.83. The summed E-state index contributed by atoms with van der Waals surface area (Å²) in [6.07, 6.45) is 0. The molecule has 0 aliphatic heterocycles. The second-order valence-electron chi connectivity index (χ2n) is 35.3. The summed E-state index contributed by atoms with van der Waals surface area (Å²) >= 11 is 0. The maximum absolute atomic E-state index is 6.42. The molecule has 135 heavy (non-hydrogen) atoms. The molecule has 1 nitrogen and oxygen atoms in total. The molecule has 27 aromatic rings. The van der Waals surface area contributed by atoms with Gasteiger partial charge in [-0.3, -0.25) is 0 Å². The Labute approximate surface area is 783 Å². The summed E-state index contributed by atoms with van der Waals surface area (Å²) in [6, 6.07) is 190. The first kappa shape index (κ1) is 79.5. The zero-order valence-corrected chi connectivity index (χ0v) is 74.1. The Morgan fingerprint density at radius 3 is 0.785 bits per heavy atom. The molecule has 0 aliphatic rings. The molecule has 1 aromatic heterocycles. The standard InChI is InChI=1S/2C46H30.C42H26O/c1-2-14-31(15-3-1)37-28-29-44(39-22-7-6-21-38(37)39)46-42-25-10-8-23-40(42)45(41-24-9-11-26-43(41)46)34-19-12-18-33(30-34)36-27-13-17-32-16-4-5-20-35(32)36;1-2-14-32(15-3-1)37-27-28-44(39-20-7-6-19-38(37)39)46-42-23-10-8-21-40(42)45(41-22-9-11-24-43(41)46)36-18-12-17-34(30-36)35-26-25-31-13-4-5-16-33(31)29-35;1-2-16-30-27(12-1)13-10-23-33(30)41-36-20-5-3-18-34(36)40(35-19-4-6-21-37(35)41)29-15-9-14-28(26-29)31-22-11-24-38-32-17-7-8-25-39(32)43-42(31)38/h2*1-30H;1-26H. The molecule has 0 aliphatic carbocycles. The highest BCUT2D eigenvalue weighted by molar-refractivity contribution is 6.28. The highest BCUT2D eigenvalue weighted by Crippen LogP contribution is 2.52. The third kappa shape index (κ3) is 14.0. The molecule has 0 unspecified atom stereocenters. The number of furan rings is 1. The van der Waals surface area contributed by atoms with Crippen LogP contribution in [0.1, 0.15) is 0 Å². The average Bonchev–Trinajstić information content (AvgIpc) is 1.19. The van der Waals surface area contributed by atoms with Gasteiger partial charge < -0.3 is 4.42 Å². The van der Waals surface area contributed by atoms with Crippen LogP contribution in [0, 0.1) is 0 Å². The summed E-state index contributed by atoms with van der Waals surface area (Å²) in [5.41, 5.74) is 29.2. The van der Waals surface area contributed by atoms with Crippen molar-refractivity contribution in [2.75, 3.05) is 0 Å². The van der Waals surface area contributed by atoms with Crippen LogP contribution in [0.4, 0.5) is 0 Å². The van der Waals surface area contributed by atoms with Gasteiger partial charge in [0.2, 0.25) is 0 Å². The van der Waals surface area contributed by atoms with E-state index in [0.29, 0.717) is 0 Å². The Morgan fingerprint density at radius 1 is 0.104 bits per heavy atom. The van der Waals surface area contributed by atoms with Gasteiger partial charge in [-0.2, -0.15) is 0 Å². The van der Waals surface area contributed by atoms with Crippen LogP contribution >= 0.6 is 0 Å². The van der Waals surface area contributed by atoms with Crippen molar-refractivity contribution in [3.8, 4) is 122 Å². The van der Waals surface area contributed by atoms with Gasteiger partial charge >= 0.3 is 0 Å². The lowest BCUT2D eigenvalue weighted by Crippen LogP contribution is -1.92. The fraction of sp³-hybridized carbons (Fsp3) is 0. The lowest BCUT2D eigenvalue weighted by Gasteiger charge is -2.20. The first-order valence-corrected chi connectivity index (χ1v) is 46.7. The quantitative estimate of drug-likeness (QED) is 0.118. The summed E-state index contributed by atoms with van der Waals surface area (Å²) in [5, 5.41) is 30.1. The van der Waals surface area contributed by atoms with Crippen molar-refractivity contribution in [2.24, 2.45) is 0 Å². The number of rotatable bonds is 11. The van der Waals surface area contributed by atoms with Crippen LogP contribution in [0.2, 0.25) is 0 Å². The molecule has 1 heterocycles. The lowest BCUT2D eigenvalue weighted by molar-refractivity contribution is 0.670. The van der Waals surface area contributed by atoms with Crippen LogP contribution < -0.4 is 0 Å². The predicted octanol–water partition coefficient (Wildman–Crippen LogP) is 38.0. The molecule has 0 spiro atoms. The molecule has 27 rings (SSSR count). The highest BCUT2D eigenvalue weighted by Gasteiger charge is 2.25. The third-order valence-electron chi connectivity index (χ3n) is 27.8. The van der Waals surface area contributed by atoms with Crippen LogP contribution in [0.15, 0.2) is 526 Å². The number of para-hydroxylation sites is 2. The minimum Gasteiger partial charge on any atom is -0.455 e. The average molecular weight is 1710 g/mol. The molecule has 0 N–H and O–H groups in total. The van der Waals surface area contributed by atoms with E-state index in [-0.39, 0.29) is 0 Å². The van der Waals surface area contributed by atoms with Crippen LogP contribution in [-0.2, 0) is 0 Å². The molecule has 26 aromatic carbocycles. The third-order valence-corrected chi connectivity index (χ3v) is 27.8. The molecule has 1 heteroatoms. The van der Waals surface area contributed by atoms with Crippen LogP contribution in [0.5, 0.6) is 0 Å². The summed E-state index contributed by atoms with van der Waals surface area (Å²) in [6.45, 7) is 0. The van der Waals surface area contributed by atoms with Crippen LogP contribution in [-0.4, -0.2) is 0 Å². The van der Waals surface area contributed by atoms with Gasteiger partial charge in [0.25, 0.3) is 0 Å². The van der Waals surface area contributed by atoms with Crippen molar-refractivity contribution in [3.05, 3.63) is 522 Å². The Bertz CT molecular complexity index is 9190. The van der Waals surface area contributed by atoms with Crippen LogP contribution in [0.3, 0.4) is 0 Å². The highest BCUT2D eigenvalue weighted by atomic mass is 16.3. The Morgan fingerprint density at radius 2 is 0.348 bits per heavy atom. The minimum atomic E-state index is 0.919. The van der Waals surface area contributed by atoms with E-state index < -0.39 is 0 Å². The fourth-order valence-corrected chi connectivity index (χ4v) is 21.8. The SMILES string of the molecule is c1cc(-c2c3ccccc3c(-c3cccc4ccccc34)c3ccccc23)cc(-c2cccc3c2oc2ccccc23)c1.c1ccc(-c2ccc(-c3c4ccccc4c(-c4cccc(-c5ccc6ccccc6c5)c4)c4ccccc34)c3ccccc23)cc1.c1ccc(-c2ccc(-c3c4ccccc4c(-c4cccc(-c5cccc6ccccc56)c4)c4ccccc34)c3ccccc23)cc1. The van der Waals surface area contributed by atoms with Gasteiger partial charge in [0.05, 0.1) is 0 Å². The Balaban J connectivity index is 0.000000108. The van der Waals surface area contributed by atoms with E-state index in [4.69, 9.17) is 4.42 Å². The van der Waals surface area contributed by atoms with Crippen molar-refractivity contribution in [1.29, 1.82) is 0 Å². The molecule has 0 atom stereocenters. The van der Waals surface area contributed by atoms with Gasteiger partial charge in [0.1, 0.15) is 11.2 Å². The Hall–Kier alpha value is -17.6. The van der Waals surface area contributed by atoms with E-state index in [1.54, 1.807) is 0 Å². The molecule has 0 bridgehead atoms. The van der Waals surface area contributed by atoms with Gasteiger partial charge in [0, 0.05) is 16.3 Å². The predicted molar refractivity (Wildman–Crippen MR) is 579 cm³/mol. The zero-order valence-electron chi connectivity index (χ0n) is 74.1. The van der Waals surface area contributed by atoms with Crippen molar-refractivity contribution >= 4 is 140 Å². The van der Waals surface area contributed by atoms with E-state index >= 15 is 0 Å². The maximum atomic E-state index is 6.42. The molecule has 0 saturated heterocycles. The summed E-state index contributed by atoms with van der Waals surface area (Å²) in [5.74, 6) is 0. The van der Waals surface area contributed by atoms with Gasteiger partial charge in [-0.15, -0.1) is 0 Å². The Kier molecular flexibility index (Phi) is 20.0. The number of fused-ring (bicyclic) bond motifs is 14. The van der Waals surface area contributed by atoms with Crippen molar-refractivity contribution in [1.82, 2.24) is 0 Å². The van der Waals surface area contributed by atoms with E-state index in [1.807, 2.05) is 12.1 Å². The molecule has 0 saturated carbocycles. The normalized spacial score (nSPS) is 11.6. The smallest absolute Gasteiger partial charge is 0.143 e. The fourth-order valence-electron chi connectivity index (χ4n) is 21.8. The first-order valence-electron chi connectivity index (χ1n) is 46.7. The molecule has 0 amide bonds. The number of hydrogen-bond acceptors (Lipinski definition) is 1. The molecule has 0 fully saturated rings. The molecular weight excluding hydrogens is 1630 g/mol. The largest absolute Gasteiger partial charge is 0.455 e. The van der Waals surface area contributed by atoms with Gasteiger partial charge in [-0.05, 0) is 266 Å². The zero-order chi connectivity index (χ0) is 89.2. The first-order chi connectivity index (χ1) is 67.0. The van der Waals surface area contributed by atoms with Crippen molar-refractivity contribution in [2.45, 2.75) is 0 Å².